The Morgan fingerprint density at radius 2 is 1.95 bits per heavy atom. The molecule has 3 heteroatoms. The number of hydrogen-bond donors (Lipinski definition) is 1. The van der Waals surface area contributed by atoms with Gasteiger partial charge in [0.25, 0.3) is 0 Å². The Balaban J connectivity index is 1.99. The molecule has 0 bridgehead atoms. The molecule has 1 heterocycles. The number of aromatic nitrogens is 1. The molecule has 0 aliphatic carbocycles. The fourth-order valence-corrected chi connectivity index (χ4v) is 2.37. The number of nitrogens with zero attached hydrogens (tertiary/aromatic N) is 1. The SMILES string of the molecule is CNC(CCc1ccc(OC)cc1)c1ccnc(C)c1. The van der Waals surface area contributed by atoms with Crippen molar-refractivity contribution < 1.29 is 4.74 Å². The van der Waals surface area contributed by atoms with Crippen molar-refractivity contribution in [2.75, 3.05) is 14.2 Å². The second-order valence-corrected chi connectivity index (χ2v) is 4.96. The van der Waals surface area contributed by atoms with E-state index in [2.05, 4.69) is 34.6 Å². The van der Waals surface area contributed by atoms with Gasteiger partial charge in [0.2, 0.25) is 0 Å². The Morgan fingerprint density at radius 3 is 2.55 bits per heavy atom. The zero-order valence-electron chi connectivity index (χ0n) is 12.4. The Labute approximate surface area is 121 Å². The van der Waals surface area contributed by atoms with Crippen LogP contribution in [0, 0.1) is 6.92 Å². The minimum Gasteiger partial charge on any atom is -0.497 e. The van der Waals surface area contributed by atoms with E-state index in [9.17, 15) is 0 Å². The van der Waals surface area contributed by atoms with Gasteiger partial charge in [-0.1, -0.05) is 12.1 Å². The number of pyridine rings is 1. The van der Waals surface area contributed by atoms with Gasteiger partial charge in [-0.2, -0.15) is 0 Å². The number of benzene rings is 1. The predicted octanol–water partition coefficient (Wildman–Crippen LogP) is 3.29. The van der Waals surface area contributed by atoms with E-state index in [-0.39, 0.29) is 0 Å². The monoisotopic (exact) mass is 270 g/mol. The van der Waals surface area contributed by atoms with Crippen LogP contribution in [0.4, 0.5) is 0 Å². The van der Waals surface area contributed by atoms with Crippen molar-refractivity contribution in [2.24, 2.45) is 0 Å². The molecule has 20 heavy (non-hydrogen) atoms. The molecule has 0 saturated heterocycles. The summed E-state index contributed by atoms with van der Waals surface area (Å²) in [6.45, 7) is 2.03. The second kappa shape index (κ2) is 7.06. The van der Waals surface area contributed by atoms with Crippen molar-refractivity contribution in [2.45, 2.75) is 25.8 Å². The first-order valence-corrected chi connectivity index (χ1v) is 6.95. The lowest BCUT2D eigenvalue weighted by Gasteiger charge is -2.17. The van der Waals surface area contributed by atoms with Gasteiger partial charge in [-0.15, -0.1) is 0 Å². The lowest BCUT2D eigenvalue weighted by molar-refractivity contribution is 0.414. The van der Waals surface area contributed by atoms with Crippen LogP contribution in [0.2, 0.25) is 0 Å². The number of ether oxygens (including phenoxy) is 1. The maximum absolute atomic E-state index is 5.18. The summed E-state index contributed by atoms with van der Waals surface area (Å²) in [5, 5.41) is 3.39. The van der Waals surface area contributed by atoms with Crippen LogP contribution in [0.1, 0.15) is 29.3 Å². The Morgan fingerprint density at radius 1 is 1.20 bits per heavy atom. The smallest absolute Gasteiger partial charge is 0.118 e. The molecule has 0 saturated carbocycles. The van der Waals surface area contributed by atoms with Crippen molar-refractivity contribution in [1.29, 1.82) is 0 Å². The van der Waals surface area contributed by atoms with Gasteiger partial charge in [-0.05, 0) is 62.2 Å². The molecule has 0 aliphatic heterocycles. The van der Waals surface area contributed by atoms with Crippen LogP contribution in [0.5, 0.6) is 5.75 Å². The summed E-state index contributed by atoms with van der Waals surface area (Å²) in [6, 6.07) is 12.9. The molecule has 1 aromatic heterocycles. The van der Waals surface area contributed by atoms with E-state index >= 15 is 0 Å². The number of rotatable bonds is 6. The van der Waals surface area contributed by atoms with Crippen molar-refractivity contribution in [3.8, 4) is 5.75 Å². The normalized spacial score (nSPS) is 12.2. The predicted molar refractivity (Wildman–Crippen MR) is 82.1 cm³/mol. The van der Waals surface area contributed by atoms with Crippen LogP contribution in [-0.4, -0.2) is 19.1 Å². The lowest BCUT2D eigenvalue weighted by atomic mass is 9.99. The third-order valence-corrected chi connectivity index (χ3v) is 3.55. The van der Waals surface area contributed by atoms with Crippen LogP contribution in [0.15, 0.2) is 42.6 Å². The van der Waals surface area contributed by atoms with Crippen molar-refractivity contribution in [3.05, 3.63) is 59.4 Å². The summed E-state index contributed by atoms with van der Waals surface area (Å²) in [4.78, 5) is 4.25. The van der Waals surface area contributed by atoms with Crippen molar-refractivity contribution in [1.82, 2.24) is 10.3 Å². The molecule has 1 N–H and O–H groups in total. The van der Waals surface area contributed by atoms with Gasteiger partial charge < -0.3 is 10.1 Å². The van der Waals surface area contributed by atoms with Crippen LogP contribution in [-0.2, 0) is 6.42 Å². The maximum Gasteiger partial charge on any atom is 0.118 e. The molecule has 1 unspecified atom stereocenters. The second-order valence-electron chi connectivity index (χ2n) is 4.96. The minimum absolute atomic E-state index is 0.360. The maximum atomic E-state index is 5.18. The van der Waals surface area contributed by atoms with Crippen LogP contribution in [0.25, 0.3) is 0 Å². The van der Waals surface area contributed by atoms with Crippen molar-refractivity contribution in [3.63, 3.8) is 0 Å². The van der Waals surface area contributed by atoms with Gasteiger partial charge >= 0.3 is 0 Å². The van der Waals surface area contributed by atoms with E-state index in [0.29, 0.717) is 6.04 Å². The fraction of sp³-hybridized carbons (Fsp3) is 0.353. The summed E-state index contributed by atoms with van der Waals surface area (Å²) >= 11 is 0. The number of hydrogen-bond acceptors (Lipinski definition) is 3. The summed E-state index contributed by atoms with van der Waals surface area (Å²) in [5.41, 5.74) is 3.69. The first kappa shape index (κ1) is 14.5. The van der Waals surface area contributed by atoms with Gasteiger partial charge in [0.1, 0.15) is 5.75 Å². The third-order valence-electron chi connectivity index (χ3n) is 3.55. The number of methoxy groups -OCH3 is 1. The van der Waals surface area contributed by atoms with E-state index in [0.717, 1.165) is 24.3 Å². The van der Waals surface area contributed by atoms with Gasteiger partial charge in [0.15, 0.2) is 0 Å². The number of nitrogens with one attached hydrogen (secondary N) is 1. The highest BCUT2D eigenvalue weighted by molar-refractivity contribution is 5.27. The Hall–Kier alpha value is -1.87. The molecule has 2 rings (SSSR count). The summed E-state index contributed by atoms with van der Waals surface area (Å²) in [6.07, 6.45) is 3.98. The lowest BCUT2D eigenvalue weighted by Crippen LogP contribution is -2.17. The molecule has 2 aromatic rings. The van der Waals surface area contributed by atoms with E-state index < -0.39 is 0 Å². The first-order chi connectivity index (χ1) is 9.72. The molecule has 0 fully saturated rings. The quantitative estimate of drug-likeness (QED) is 0.874. The van der Waals surface area contributed by atoms with Gasteiger partial charge in [-0.25, -0.2) is 0 Å². The topological polar surface area (TPSA) is 34.1 Å². The minimum atomic E-state index is 0.360. The zero-order valence-corrected chi connectivity index (χ0v) is 12.4. The number of aryl methyl sites for hydroxylation is 2. The van der Waals surface area contributed by atoms with Gasteiger partial charge in [0.05, 0.1) is 7.11 Å². The Bertz CT molecular complexity index is 537. The standard InChI is InChI=1S/C17H22N2O/c1-13-12-15(10-11-19-13)17(18-2)9-6-14-4-7-16(20-3)8-5-14/h4-5,7-8,10-12,17-18H,6,9H2,1-3H3. The molecule has 0 spiro atoms. The molecule has 1 aromatic carbocycles. The van der Waals surface area contributed by atoms with Crippen LogP contribution >= 0.6 is 0 Å². The van der Waals surface area contributed by atoms with E-state index in [4.69, 9.17) is 4.74 Å². The molecule has 0 aliphatic rings. The molecule has 106 valence electrons. The van der Waals surface area contributed by atoms with Gasteiger partial charge in [-0.3, -0.25) is 4.98 Å². The summed E-state index contributed by atoms with van der Waals surface area (Å²) < 4.78 is 5.18. The summed E-state index contributed by atoms with van der Waals surface area (Å²) in [5.74, 6) is 0.906. The first-order valence-electron chi connectivity index (χ1n) is 6.95. The zero-order chi connectivity index (χ0) is 14.4. The molecular weight excluding hydrogens is 248 g/mol. The molecule has 0 radical (unpaired) electrons. The van der Waals surface area contributed by atoms with Crippen LogP contribution < -0.4 is 10.1 Å². The fourth-order valence-electron chi connectivity index (χ4n) is 2.37. The third kappa shape index (κ3) is 3.81. The molecule has 0 amide bonds. The van der Waals surface area contributed by atoms with E-state index in [1.54, 1.807) is 7.11 Å². The van der Waals surface area contributed by atoms with E-state index in [1.807, 2.05) is 32.3 Å². The highest BCUT2D eigenvalue weighted by atomic mass is 16.5. The van der Waals surface area contributed by atoms with Crippen molar-refractivity contribution >= 4 is 0 Å². The highest BCUT2D eigenvalue weighted by Gasteiger charge is 2.09. The average Bonchev–Trinajstić information content (AvgIpc) is 2.48. The van der Waals surface area contributed by atoms with Gasteiger partial charge in [0, 0.05) is 17.9 Å². The van der Waals surface area contributed by atoms with Crippen LogP contribution in [0.3, 0.4) is 0 Å². The largest absolute Gasteiger partial charge is 0.497 e. The summed E-state index contributed by atoms with van der Waals surface area (Å²) in [7, 11) is 3.70. The molecule has 3 nitrogen and oxygen atoms in total. The Kier molecular flexibility index (Phi) is 5.13. The molecular formula is C17H22N2O. The molecule has 1 atom stereocenters. The van der Waals surface area contributed by atoms with E-state index in [1.165, 1.54) is 11.1 Å². The highest BCUT2D eigenvalue weighted by Crippen LogP contribution is 2.20. The average molecular weight is 270 g/mol.